The molecule has 0 spiro atoms. The van der Waals surface area contributed by atoms with E-state index in [2.05, 4.69) is 4.98 Å². The van der Waals surface area contributed by atoms with Crippen LogP contribution in [0.25, 0.3) is 12.2 Å². The first-order valence-corrected chi connectivity index (χ1v) is 9.14. The molecule has 0 bridgehead atoms. The Labute approximate surface area is 156 Å². The second-order valence-corrected chi connectivity index (χ2v) is 9.46. The lowest BCUT2D eigenvalue weighted by atomic mass is 9.78. The average molecular weight is 375 g/mol. The minimum atomic E-state index is -1.11. The van der Waals surface area contributed by atoms with Gasteiger partial charge in [0.1, 0.15) is 10.4 Å². The molecule has 1 aromatic heterocycles. The van der Waals surface area contributed by atoms with E-state index in [1.807, 2.05) is 53.7 Å². The Hall–Kier alpha value is -2.34. The van der Waals surface area contributed by atoms with Gasteiger partial charge in [-0.2, -0.15) is 0 Å². The van der Waals surface area contributed by atoms with E-state index in [1.165, 1.54) is 0 Å². The van der Waals surface area contributed by atoms with Crippen LogP contribution in [-0.4, -0.2) is 21.2 Å². The molecule has 140 valence electrons. The predicted molar refractivity (Wildman–Crippen MR) is 105 cm³/mol. The predicted octanol–water partition coefficient (Wildman–Crippen LogP) is 2.43. The second kappa shape index (κ2) is 6.76. The van der Waals surface area contributed by atoms with E-state index in [-0.39, 0.29) is 22.1 Å². The fraction of sp³-hybridized carbons (Fsp3) is 0.400. The molecule has 0 saturated heterocycles. The first-order valence-electron chi connectivity index (χ1n) is 8.32. The van der Waals surface area contributed by atoms with Crippen LogP contribution in [0.3, 0.4) is 0 Å². The minimum absolute atomic E-state index is 0.266. The van der Waals surface area contributed by atoms with Crippen molar-refractivity contribution in [3.8, 4) is 5.75 Å². The summed E-state index contributed by atoms with van der Waals surface area (Å²) in [6.45, 7) is 12.1. The number of nitrogens with one attached hydrogen (secondary N) is 1. The Morgan fingerprint density at radius 1 is 1.08 bits per heavy atom. The van der Waals surface area contributed by atoms with Crippen LogP contribution in [0.4, 0.5) is 0 Å². The summed E-state index contributed by atoms with van der Waals surface area (Å²) in [4.78, 5) is 25.4. The van der Waals surface area contributed by atoms with Crippen molar-refractivity contribution in [2.75, 3.05) is 0 Å². The normalized spacial score (nSPS) is 14.1. The molecule has 0 unspecified atom stereocenters. The number of benzene rings is 1. The van der Waals surface area contributed by atoms with Crippen LogP contribution < -0.4 is 14.8 Å². The zero-order chi connectivity index (χ0) is 19.9. The summed E-state index contributed by atoms with van der Waals surface area (Å²) in [6.07, 6.45) is 2.70. The zero-order valence-electron chi connectivity index (χ0n) is 15.9. The zero-order valence-corrected chi connectivity index (χ0v) is 16.7. The number of hydrogen-bond donors (Lipinski definition) is 3. The number of thiazole rings is 1. The molecule has 1 heterocycles. The first kappa shape index (κ1) is 20.0. The molecule has 6 heteroatoms. The summed E-state index contributed by atoms with van der Waals surface area (Å²) in [5.74, 6) is -0.828. The molecule has 5 nitrogen and oxygen atoms in total. The van der Waals surface area contributed by atoms with Crippen molar-refractivity contribution in [1.82, 2.24) is 4.98 Å². The van der Waals surface area contributed by atoms with E-state index in [9.17, 15) is 14.7 Å². The number of aromatic amines is 1. The van der Waals surface area contributed by atoms with Gasteiger partial charge < -0.3 is 15.2 Å². The van der Waals surface area contributed by atoms with Gasteiger partial charge in [-0.15, -0.1) is 11.3 Å². The maximum Gasteiger partial charge on any atom is 0.331 e. The van der Waals surface area contributed by atoms with Crippen LogP contribution in [-0.2, 0) is 15.6 Å². The maximum absolute atomic E-state index is 12.1. The van der Waals surface area contributed by atoms with Gasteiger partial charge in [-0.1, -0.05) is 41.5 Å². The Morgan fingerprint density at radius 2 is 1.58 bits per heavy atom. The van der Waals surface area contributed by atoms with Crippen molar-refractivity contribution in [1.29, 1.82) is 0 Å². The molecule has 0 aliphatic rings. The lowest BCUT2D eigenvalue weighted by Crippen LogP contribution is -2.21. The number of aliphatic carboxylic acids is 1. The molecular weight excluding hydrogens is 350 g/mol. The highest BCUT2D eigenvalue weighted by atomic mass is 32.1. The first-order chi connectivity index (χ1) is 11.8. The largest absolute Gasteiger partial charge is 0.507 e. The number of phenolic OH excluding ortho intramolecular Hbond substituents is 1. The van der Waals surface area contributed by atoms with Crippen molar-refractivity contribution in [2.24, 2.45) is 0 Å². The third-order valence-corrected chi connectivity index (χ3v) is 4.94. The number of H-pyrrole nitrogens is 1. The number of aromatic nitrogens is 1. The van der Waals surface area contributed by atoms with E-state index >= 15 is 0 Å². The van der Waals surface area contributed by atoms with Crippen molar-refractivity contribution in [3.05, 3.63) is 48.4 Å². The van der Waals surface area contributed by atoms with Crippen LogP contribution >= 0.6 is 11.3 Å². The topological polar surface area (TPSA) is 90.4 Å². The Kier molecular flexibility index (Phi) is 5.19. The lowest BCUT2D eigenvalue weighted by molar-refractivity contribution is -0.129. The van der Waals surface area contributed by atoms with Gasteiger partial charge in [0, 0.05) is 11.1 Å². The Morgan fingerprint density at radius 3 is 2.00 bits per heavy atom. The SMILES string of the molecule is CC(C)(C)c1cc(C=c2sc(=CC(=O)O)[nH]c2=O)cc(C(C)(C)C)c1O. The minimum Gasteiger partial charge on any atom is -0.507 e. The smallest absolute Gasteiger partial charge is 0.331 e. The molecule has 2 rings (SSSR count). The summed E-state index contributed by atoms with van der Waals surface area (Å²) in [6, 6.07) is 3.76. The molecule has 0 fully saturated rings. The molecule has 0 amide bonds. The lowest BCUT2D eigenvalue weighted by Gasteiger charge is -2.27. The summed E-state index contributed by atoms with van der Waals surface area (Å²) >= 11 is 1.09. The van der Waals surface area contributed by atoms with Crippen molar-refractivity contribution >= 4 is 29.5 Å². The number of carboxylic acids is 1. The fourth-order valence-electron chi connectivity index (χ4n) is 2.67. The summed E-state index contributed by atoms with van der Waals surface area (Å²) < 4.78 is 0.711. The summed E-state index contributed by atoms with van der Waals surface area (Å²) in [7, 11) is 0. The number of carboxylic acid groups (broad SMARTS) is 1. The van der Waals surface area contributed by atoms with Crippen molar-refractivity contribution in [3.63, 3.8) is 0 Å². The van der Waals surface area contributed by atoms with Crippen LogP contribution in [0.2, 0.25) is 0 Å². The maximum atomic E-state index is 12.1. The number of carbonyl (C=O) groups is 1. The molecule has 0 aliphatic heterocycles. The molecule has 0 atom stereocenters. The van der Waals surface area contributed by atoms with E-state index in [1.54, 1.807) is 6.08 Å². The van der Waals surface area contributed by atoms with E-state index in [0.29, 0.717) is 9.20 Å². The molecule has 1 aromatic carbocycles. The third-order valence-electron chi connectivity index (χ3n) is 3.98. The molecule has 0 radical (unpaired) electrons. The van der Waals surface area contributed by atoms with Gasteiger partial charge in [0.2, 0.25) is 0 Å². The van der Waals surface area contributed by atoms with Gasteiger partial charge in [-0.05, 0) is 34.6 Å². The highest BCUT2D eigenvalue weighted by molar-refractivity contribution is 7.07. The van der Waals surface area contributed by atoms with Gasteiger partial charge in [-0.25, -0.2) is 4.79 Å². The van der Waals surface area contributed by atoms with Crippen molar-refractivity contribution < 1.29 is 15.0 Å². The molecule has 3 N–H and O–H groups in total. The van der Waals surface area contributed by atoms with Crippen LogP contribution in [0.1, 0.15) is 58.2 Å². The van der Waals surface area contributed by atoms with Gasteiger partial charge in [-0.3, -0.25) is 4.79 Å². The van der Waals surface area contributed by atoms with Crippen LogP contribution in [0.15, 0.2) is 16.9 Å². The van der Waals surface area contributed by atoms with Gasteiger partial charge in [0.15, 0.2) is 0 Å². The molecule has 26 heavy (non-hydrogen) atoms. The number of aromatic hydroxyl groups is 1. The number of phenols is 1. The highest BCUT2D eigenvalue weighted by Crippen LogP contribution is 2.39. The van der Waals surface area contributed by atoms with Crippen molar-refractivity contribution in [2.45, 2.75) is 52.4 Å². The second-order valence-electron chi connectivity index (χ2n) is 8.38. The van der Waals surface area contributed by atoms with Gasteiger partial charge in [0.25, 0.3) is 5.56 Å². The highest BCUT2D eigenvalue weighted by Gasteiger charge is 2.26. The molecular formula is C20H25NO4S. The summed E-state index contributed by atoms with van der Waals surface area (Å²) in [5.41, 5.74) is 1.55. The third kappa shape index (κ3) is 4.43. The number of hydrogen-bond acceptors (Lipinski definition) is 4. The standard InChI is InChI=1S/C20H25NO4S/c1-19(2,3)12-7-11(8-13(17(12)24)20(4,5)6)9-14-18(25)21-15(26-14)10-16(22)23/h7-10,24H,1-6H3,(H,21,25)(H,22,23). The number of rotatable bonds is 2. The van der Waals surface area contributed by atoms with E-state index in [4.69, 9.17) is 5.11 Å². The average Bonchev–Trinajstić information content (AvgIpc) is 2.77. The monoisotopic (exact) mass is 375 g/mol. The Bertz CT molecular complexity index is 979. The van der Waals surface area contributed by atoms with E-state index in [0.717, 1.165) is 34.1 Å². The van der Waals surface area contributed by atoms with Gasteiger partial charge >= 0.3 is 5.97 Å². The van der Waals surface area contributed by atoms with Crippen LogP contribution in [0.5, 0.6) is 5.75 Å². The van der Waals surface area contributed by atoms with Gasteiger partial charge in [0.05, 0.1) is 10.6 Å². The summed E-state index contributed by atoms with van der Waals surface area (Å²) in [5, 5.41) is 19.6. The fourth-order valence-corrected chi connectivity index (χ4v) is 3.55. The molecule has 2 aromatic rings. The molecule has 0 aliphatic carbocycles. The quantitative estimate of drug-likeness (QED) is 0.752. The Balaban J connectivity index is 2.77. The van der Waals surface area contributed by atoms with E-state index < -0.39 is 5.97 Å². The molecule has 0 saturated carbocycles. The van der Waals surface area contributed by atoms with Crippen LogP contribution in [0, 0.1) is 0 Å².